The molecule has 0 saturated carbocycles. The number of carbonyl (C=O) groups is 1. The number of ether oxygens (including phenoxy) is 1. The van der Waals surface area contributed by atoms with E-state index in [1.54, 1.807) is 7.11 Å². The topological polar surface area (TPSA) is 53.8 Å². The van der Waals surface area contributed by atoms with Crippen LogP contribution in [0.5, 0.6) is 0 Å². The molecule has 0 saturated heterocycles. The number of aliphatic carboxylic acids is 1. The van der Waals surface area contributed by atoms with Crippen LogP contribution in [0.2, 0.25) is 0 Å². The van der Waals surface area contributed by atoms with Gasteiger partial charge in [-0.15, -0.1) is 0 Å². The zero-order valence-corrected chi connectivity index (χ0v) is 11.3. The molecule has 1 rings (SSSR count). The van der Waals surface area contributed by atoms with Crippen molar-refractivity contribution < 1.29 is 19.5 Å². The van der Waals surface area contributed by atoms with Crippen molar-refractivity contribution in [3.8, 4) is 0 Å². The zero-order chi connectivity index (χ0) is 12.7. The molecule has 0 fully saturated rings. The highest BCUT2D eigenvalue weighted by Gasteiger charge is 2.09. The van der Waals surface area contributed by atoms with Crippen molar-refractivity contribution in [1.82, 2.24) is 0 Å². The minimum absolute atomic E-state index is 0.00409. The molecule has 1 aromatic carbocycles. The maximum atomic E-state index is 10.6. The third-order valence-corrected chi connectivity index (χ3v) is 2.89. The van der Waals surface area contributed by atoms with Crippen LogP contribution in [-0.4, -0.2) is 32.8 Å². The molecule has 0 aliphatic heterocycles. The fourth-order valence-corrected chi connectivity index (χ4v) is 2.07. The van der Waals surface area contributed by atoms with Gasteiger partial charge in [-0.2, -0.15) is 0 Å². The third-order valence-electron chi connectivity index (χ3n) is 2.40. The number of benzene rings is 1. The summed E-state index contributed by atoms with van der Waals surface area (Å²) in [4.78, 5) is 11.6. The summed E-state index contributed by atoms with van der Waals surface area (Å²) in [6.45, 7) is 1.83. The van der Waals surface area contributed by atoms with Crippen molar-refractivity contribution in [2.45, 2.75) is 6.54 Å². The first-order chi connectivity index (χ1) is 8.11. The summed E-state index contributed by atoms with van der Waals surface area (Å²) in [6, 6.07) is 7.85. The van der Waals surface area contributed by atoms with Gasteiger partial charge in [0.2, 0.25) is 0 Å². The minimum Gasteiger partial charge on any atom is -0.544 e. The van der Waals surface area contributed by atoms with Crippen LogP contribution in [0.1, 0.15) is 5.56 Å². The van der Waals surface area contributed by atoms with Crippen molar-refractivity contribution in [3.05, 3.63) is 34.3 Å². The van der Waals surface area contributed by atoms with Crippen LogP contribution in [0.3, 0.4) is 0 Å². The molecule has 0 amide bonds. The van der Waals surface area contributed by atoms with Gasteiger partial charge < -0.3 is 19.5 Å². The Morgan fingerprint density at radius 3 is 2.88 bits per heavy atom. The van der Waals surface area contributed by atoms with Crippen molar-refractivity contribution >= 4 is 21.9 Å². The Hall–Kier alpha value is -0.910. The number of nitrogens with one attached hydrogen (secondary N) is 1. The summed E-state index contributed by atoms with van der Waals surface area (Å²) in [7, 11) is 1.61. The van der Waals surface area contributed by atoms with Crippen LogP contribution in [0.4, 0.5) is 0 Å². The van der Waals surface area contributed by atoms with Crippen molar-refractivity contribution in [2.24, 2.45) is 0 Å². The first-order valence-electron chi connectivity index (χ1n) is 5.38. The predicted molar refractivity (Wildman–Crippen MR) is 65.4 cm³/mol. The molecule has 5 heteroatoms. The molecule has 17 heavy (non-hydrogen) atoms. The molecule has 0 heterocycles. The van der Waals surface area contributed by atoms with Crippen LogP contribution in [0.25, 0.3) is 0 Å². The average molecular weight is 302 g/mol. The number of hydrogen-bond acceptors (Lipinski definition) is 3. The van der Waals surface area contributed by atoms with Crippen LogP contribution < -0.4 is 10.0 Å². The molecule has 0 spiro atoms. The van der Waals surface area contributed by atoms with Crippen molar-refractivity contribution in [2.75, 3.05) is 26.8 Å². The lowest BCUT2D eigenvalue weighted by Crippen LogP contribution is -3.12. The first kappa shape index (κ1) is 14.2. The predicted octanol–water partition coefficient (Wildman–Crippen LogP) is -0.770. The molecule has 4 nitrogen and oxygen atoms in total. The van der Waals surface area contributed by atoms with E-state index in [1.165, 1.54) is 0 Å². The number of carboxylic acids is 1. The second-order valence-corrected chi connectivity index (χ2v) is 4.76. The number of halogens is 1. The Morgan fingerprint density at radius 2 is 2.29 bits per heavy atom. The SMILES string of the molecule is COCC[NH+](CC(=O)[O-])Cc1cccc(Br)c1. The number of hydrogen-bond donors (Lipinski definition) is 1. The molecule has 1 unspecified atom stereocenters. The minimum atomic E-state index is -1.04. The van der Waals surface area contributed by atoms with Gasteiger partial charge in [0.15, 0.2) is 0 Å². The van der Waals surface area contributed by atoms with Gasteiger partial charge in [0.05, 0.1) is 12.6 Å². The van der Waals surface area contributed by atoms with Gasteiger partial charge in [-0.05, 0) is 12.1 Å². The smallest absolute Gasteiger partial charge is 0.118 e. The van der Waals surface area contributed by atoms with Gasteiger partial charge in [-0.25, -0.2) is 0 Å². The molecule has 0 bridgehead atoms. The summed E-state index contributed by atoms with van der Waals surface area (Å²) in [5.41, 5.74) is 1.09. The van der Waals surface area contributed by atoms with E-state index in [2.05, 4.69) is 15.9 Å². The van der Waals surface area contributed by atoms with Gasteiger partial charge in [-0.1, -0.05) is 28.1 Å². The molecular formula is C12H16BrNO3. The number of rotatable bonds is 7. The van der Waals surface area contributed by atoms with Gasteiger partial charge in [0, 0.05) is 17.1 Å². The quantitative estimate of drug-likeness (QED) is 0.720. The lowest BCUT2D eigenvalue weighted by Gasteiger charge is -2.19. The Balaban J connectivity index is 2.61. The monoisotopic (exact) mass is 301 g/mol. The number of carbonyl (C=O) groups excluding carboxylic acids is 1. The van der Waals surface area contributed by atoms with Crippen molar-refractivity contribution in [1.29, 1.82) is 0 Å². The summed E-state index contributed by atoms with van der Waals surface area (Å²) in [5.74, 6) is -1.04. The maximum absolute atomic E-state index is 10.6. The maximum Gasteiger partial charge on any atom is 0.118 e. The zero-order valence-electron chi connectivity index (χ0n) is 9.74. The molecule has 94 valence electrons. The number of quaternary nitrogens is 1. The lowest BCUT2D eigenvalue weighted by atomic mass is 10.2. The van der Waals surface area contributed by atoms with Gasteiger partial charge in [0.1, 0.15) is 19.6 Å². The Labute approximate surface area is 109 Å². The highest BCUT2D eigenvalue weighted by atomic mass is 79.9. The molecule has 0 aliphatic carbocycles. The lowest BCUT2D eigenvalue weighted by molar-refractivity contribution is -0.908. The van der Waals surface area contributed by atoms with E-state index in [-0.39, 0.29) is 6.54 Å². The van der Waals surface area contributed by atoms with E-state index in [4.69, 9.17) is 4.74 Å². The Morgan fingerprint density at radius 1 is 1.53 bits per heavy atom. The Bertz CT molecular complexity index is 371. The van der Waals surface area contributed by atoms with Crippen LogP contribution >= 0.6 is 15.9 Å². The van der Waals surface area contributed by atoms with E-state index in [0.29, 0.717) is 19.7 Å². The highest BCUT2D eigenvalue weighted by molar-refractivity contribution is 9.10. The van der Waals surface area contributed by atoms with E-state index >= 15 is 0 Å². The van der Waals surface area contributed by atoms with Gasteiger partial charge >= 0.3 is 0 Å². The molecule has 0 aromatic heterocycles. The molecule has 0 aliphatic rings. The summed E-state index contributed by atoms with van der Waals surface area (Å²) in [5, 5.41) is 10.6. The molecular weight excluding hydrogens is 286 g/mol. The van der Waals surface area contributed by atoms with E-state index in [1.807, 2.05) is 24.3 Å². The van der Waals surface area contributed by atoms with Gasteiger partial charge in [0.25, 0.3) is 0 Å². The summed E-state index contributed by atoms with van der Waals surface area (Å²) < 4.78 is 5.97. The molecule has 1 aromatic rings. The summed E-state index contributed by atoms with van der Waals surface area (Å²) >= 11 is 3.39. The molecule has 1 atom stereocenters. The van der Waals surface area contributed by atoms with E-state index in [9.17, 15) is 9.90 Å². The second kappa shape index (κ2) is 7.42. The normalized spacial score (nSPS) is 12.4. The van der Waals surface area contributed by atoms with Crippen molar-refractivity contribution in [3.63, 3.8) is 0 Å². The fraction of sp³-hybridized carbons (Fsp3) is 0.417. The van der Waals surface area contributed by atoms with Crippen LogP contribution in [-0.2, 0) is 16.1 Å². The molecule has 0 radical (unpaired) electrons. The first-order valence-corrected chi connectivity index (χ1v) is 6.18. The van der Waals surface area contributed by atoms with E-state index < -0.39 is 5.97 Å². The molecule has 1 N–H and O–H groups in total. The van der Waals surface area contributed by atoms with Crippen LogP contribution in [0.15, 0.2) is 28.7 Å². The fourth-order valence-electron chi connectivity index (χ4n) is 1.63. The number of methoxy groups -OCH3 is 1. The standard InChI is InChI=1S/C12H16BrNO3/c1-17-6-5-14(9-12(15)16)8-10-3-2-4-11(13)7-10/h2-4,7H,5-6,8-9H2,1H3,(H,15,16). The van der Waals surface area contributed by atoms with E-state index in [0.717, 1.165) is 14.9 Å². The average Bonchev–Trinajstić information content (AvgIpc) is 2.25. The van der Waals surface area contributed by atoms with Gasteiger partial charge in [-0.3, -0.25) is 0 Å². The third kappa shape index (κ3) is 5.81. The summed E-state index contributed by atoms with van der Waals surface area (Å²) in [6.07, 6.45) is 0. The largest absolute Gasteiger partial charge is 0.544 e. The highest BCUT2D eigenvalue weighted by Crippen LogP contribution is 2.10. The Kier molecular flexibility index (Phi) is 6.18. The second-order valence-electron chi connectivity index (χ2n) is 3.85. The number of carboxylic acid groups (broad SMARTS) is 1. The van der Waals surface area contributed by atoms with Crippen LogP contribution in [0, 0.1) is 0 Å².